The predicted molar refractivity (Wildman–Crippen MR) is 137 cm³/mol. The molecule has 0 amide bonds. The molecule has 0 spiro atoms. The molecule has 35 heavy (non-hydrogen) atoms. The van der Waals surface area contributed by atoms with Crippen LogP contribution in [-0.2, 0) is 13.6 Å². The largest absolute Gasteiger partial charge is 0.531 e. The number of phosphoric ester groups is 1. The smallest absolute Gasteiger partial charge is 0.404 e. The molecular formula is C30H43O4P. The molecule has 8 bridgehead atoms. The van der Waals surface area contributed by atoms with Crippen molar-refractivity contribution in [1.29, 1.82) is 0 Å². The fourth-order valence-corrected chi connectivity index (χ4v) is 12.4. The molecule has 4 unspecified atom stereocenters. The van der Waals surface area contributed by atoms with E-state index in [0.29, 0.717) is 41.3 Å². The van der Waals surface area contributed by atoms with E-state index in [1.54, 1.807) is 0 Å². The molecule has 0 saturated heterocycles. The van der Waals surface area contributed by atoms with Crippen molar-refractivity contribution in [1.82, 2.24) is 0 Å². The number of hydrogen-bond donors (Lipinski definition) is 0. The standard InChI is InChI=1S/C30H43O4P/c1-27(2)24-12-20-10-21(13-24)17-29(27,16-20)33-35(31,32-26-8-6-5-7-9-26)34-30-18-22-11-23(19-30)15-25(14-22)28(30,3)4/h5-9,20-25H,10-19H2,1-4H3. The van der Waals surface area contributed by atoms with Crippen molar-refractivity contribution in [2.24, 2.45) is 46.3 Å². The number of benzene rings is 1. The summed E-state index contributed by atoms with van der Waals surface area (Å²) in [5, 5.41) is 0. The van der Waals surface area contributed by atoms with Gasteiger partial charge in [-0.1, -0.05) is 45.9 Å². The first-order chi connectivity index (χ1) is 16.5. The minimum Gasteiger partial charge on any atom is -0.404 e. The van der Waals surface area contributed by atoms with Crippen LogP contribution in [0.1, 0.15) is 91.9 Å². The second kappa shape index (κ2) is 7.39. The number of rotatable bonds is 6. The van der Waals surface area contributed by atoms with Gasteiger partial charge in [-0.2, -0.15) is 0 Å². The molecule has 0 aliphatic heterocycles. The monoisotopic (exact) mass is 498 g/mol. The predicted octanol–water partition coefficient (Wildman–Crippen LogP) is 8.42. The molecule has 8 aliphatic carbocycles. The summed E-state index contributed by atoms with van der Waals surface area (Å²) in [6, 6.07) is 9.60. The summed E-state index contributed by atoms with van der Waals surface area (Å²) < 4.78 is 35.4. The molecule has 8 saturated carbocycles. The Bertz CT molecular complexity index is 960. The molecule has 5 heteroatoms. The minimum atomic E-state index is -3.90. The van der Waals surface area contributed by atoms with Crippen LogP contribution in [0.5, 0.6) is 5.75 Å². The number of para-hydroxylation sites is 1. The van der Waals surface area contributed by atoms with Gasteiger partial charge in [0.2, 0.25) is 0 Å². The van der Waals surface area contributed by atoms with Crippen molar-refractivity contribution in [3.05, 3.63) is 30.3 Å². The highest BCUT2D eigenvalue weighted by Crippen LogP contribution is 2.74. The topological polar surface area (TPSA) is 44.8 Å². The molecule has 9 rings (SSSR count). The lowest BCUT2D eigenvalue weighted by Gasteiger charge is -2.66. The van der Waals surface area contributed by atoms with Gasteiger partial charge in [0.25, 0.3) is 0 Å². The molecule has 0 N–H and O–H groups in total. The molecule has 4 atom stereocenters. The summed E-state index contributed by atoms with van der Waals surface area (Å²) in [6.07, 6.45) is 11.7. The van der Waals surface area contributed by atoms with Crippen molar-refractivity contribution in [2.75, 3.05) is 0 Å². The molecule has 0 heterocycles. The zero-order chi connectivity index (χ0) is 24.3. The van der Waals surface area contributed by atoms with Gasteiger partial charge in [-0.15, -0.1) is 0 Å². The average Bonchev–Trinajstić information content (AvgIpc) is 2.76. The van der Waals surface area contributed by atoms with E-state index < -0.39 is 19.0 Å². The van der Waals surface area contributed by atoms with E-state index in [1.807, 2.05) is 30.3 Å². The fraction of sp³-hybridized carbons (Fsp3) is 0.800. The number of hydrogen-bond acceptors (Lipinski definition) is 4. The first-order valence-electron chi connectivity index (χ1n) is 14.3. The normalized spacial score (nSPS) is 47.5. The zero-order valence-electron chi connectivity index (χ0n) is 22.0. The van der Waals surface area contributed by atoms with Crippen LogP contribution in [0.3, 0.4) is 0 Å². The van der Waals surface area contributed by atoms with Crippen molar-refractivity contribution in [2.45, 2.75) is 103 Å². The van der Waals surface area contributed by atoms with E-state index in [9.17, 15) is 0 Å². The van der Waals surface area contributed by atoms with E-state index >= 15 is 4.57 Å². The summed E-state index contributed by atoms with van der Waals surface area (Å²) in [4.78, 5) is 0. The summed E-state index contributed by atoms with van der Waals surface area (Å²) in [5.74, 6) is 4.58. The Hall–Kier alpha value is -0.830. The van der Waals surface area contributed by atoms with Gasteiger partial charge in [0, 0.05) is 0 Å². The Morgan fingerprint density at radius 2 is 1.06 bits per heavy atom. The van der Waals surface area contributed by atoms with Crippen LogP contribution in [0.15, 0.2) is 30.3 Å². The molecule has 8 fully saturated rings. The summed E-state index contributed by atoms with van der Waals surface area (Å²) in [6.45, 7) is 9.43. The van der Waals surface area contributed by atoms with Crippen LogP contribution >= 0.6 is 7.82 Å². The molecule has 8 aliphatic rings. The van der Waals surface area contributed by atoms with Crippen LogP contribution in [0, 0.1) is 46.3 Å². The summed E-state index contributed by atoms with van der Waals surface area (Å²) in [7, 11) is -3.90. The van der Waals surface area contributed by atoms with E-state index in [4.69, 9.17) is 13.6 Å². The zero-order valence-corrected chi connectivity index (χ0v) is 22.9. The first kappa shape index (κ1) is 23.3. The Morgan fingerprint density at radius 1 is 0.657 bits per heavy atom. The maximum Gasteiger partial charge on any atom is 0.531 e. The third kappa shape index (κ3) is 3.34. The van der Waals surface area contributed by atoms with Gasteiger partial charge >= 0.3 is 7.82 Å². The minimum absolute atomic E-state index is 0.0313. The second-order valence-electron chi connectivity index (χ2n) is 14.6. The molecule has 0 radical (unpaired) electrons. The number of phosphoric acid groups is 1. The van der Waals surface area contributed by atoms with Crippen molar-refractivity contribution >= 4 is 7.82 Å². The second-order valence-corrected chi connectivity index (χ2v) is 16.0. The summed E-state index contributed by atoms with van der Waals surface area (Å²) in [5.41, 5.74) is -0.927. The lowest BCUT2D eigenvalue weighted by Crippen LogP contribution is -2.64. The maximum atomic E-state index is 15.1. The lowest BCUT2D eigenvalue weighted by atomic mass is 9.44. The molecule has 0 aromatic heterocycles. The Labute approximate surface area is 211 Å². The maximum absolute atomic E-state index is 15.1. The first-order valence-corrected chi connectivity index (χ1v) is 15.7. The van der Waals surface area contributed by atoms with Gasteiger partial charge in [-0.25, -0.2) is 4.57 Å². The van der Waals surface area contributed by atoms with Gasteiger partial charge in [0.15, 0.2) is 0 Å². The van der Waals surface area contributed by atoms with Crippen LogP contribution in [0.2, 0.25) is 0 Å². The van der Waals surface area contributed by atoms with Crippen molar-refractivity contribution < 1.29 is 18.1 Å². The van der Waals surface area contributed by atoms with E-state index in [0.717, 1.165) is 25.7 Å². The van der Waals surface area contributed by atoms with Crippen LogP contribution in [0.25, 0.3) is 0 Å². The van der Waals surface area contributed by atoms with Crippen LogP contribution in [-0.4, -0.2) is 11.2 Å². The highest BCUT2D eigenvalue weighted by atomic mass is 31.2. The van der Waals surface area contributed by atoms with Crippen molar-refractivity contribution in [3.63, 3.8) is 0 Å². The Morgan fingerprint density at radius 3 is 1.46 bits per heavy atom. The SMILES string of the molecule is CC1(C)C2CC3CC(C2)CC1(OP(=O)(Oc1ccccc1)OC12CC4CC(CC(C4)C1(C)C)C2)C3. The van der Waals surface area contributed by atoms with E-state index in [2.05, 4.69) is 27.7 Å². The van der Waals surface area contributed by atoms with Gasteiger partial charge < -0.3 is 4.52 Å². The van der Waals surface area contributed by atoms with Gasteiger partial charge in [-0.3, -0.25) is 9.05 Å². The average molecular weight is 499 g/mol. The Kier molecular flexibility index (Phi) is 4.92. The highest BCUT2D eigenvalue weighted by Gasteiger charge is 2.68. The highest BCUT2D eigenvalue weighted by molar-refractivity contribution is 7.49. The van der Waals surface area contributed by atoms with Crippen LogP contribution in [0.4, 0.5) is 0 Å². The van der Waals surface area contributed by atoms with Gasteiger partial charge in [0.1, 0.15) is 5.75 Å². The molecule has 1 aromatic rings. The third-order valence-corrected chi connectivity index (χ3v) is 13.8. The quantitative estimate of drug-likeness (QED) is 0.369. The summed E-state index contributed by atoms with van der Waals surface area (Å²) >= 11 is 0. The molecule has 4 nitrogen and oxygen atoms in total. The molecular weight excluding hydrogens is 455 g/mol. The van der Waals surface area contributed by atoms with Gasteiger partial charge in [-0.05, 0) is 123 Å². The van der Waals surface area contributed by atoms with E-state index in [1.165, 1.54) is 38.5 Å². The van der Waals surface area contributed by atoms with Gasteiger partial charge in [0.05, 0.1) is 11.2 Å². The lowest BCUT2D eigenvalue weighted by molar-refractivity contribution is -0.230. The van der Waals surface area contributed by atoms with E-state index in [-0.39, 0.29) is 10.8 Å². The van der Waals surface area contributed by atoms with Crippen LogP contribution < -0.4 is 4.52 Å². The third-order valence-electron chi connectivity index (χ3n) is 12.2. The molecule has 1 aromatic carbocycles. The van der Waals surface area contributed by atoms with Crippen molar-refractivity contribution in [3.8, 4) is 5.75 Å². The molecule has 192 valence electrons. The fourth-order valence-electron chi connectivity index (χ4n) is 10.3. The Balaban J connectivity index is 1.28.